The molecule has 0 unspecified atom stereocenters. The van der Waals surface area contributed by atoms with E-state index < -0.39 is 20.9 Å². The van der Waals surface area contributed by atoms with Crippen LogP contribution in [-0.4, -0.2) is 30.7 Å². The summed E-state index contributed by atoms with van der Waals surface area (Å²) in [5.41, 5.74) is 3.44. The number of nitro groups is 1. The van der Waals surface area contributed by atoms with Crippen molar-refractivity contribution in [3.05, 3.63) is 118 Å². The summed E-state index contributed by atoms with van der Waals surface area (Å²) in [6.07, 6.45) is 1.72. The van der Waals surface area contributed by atoms with E-state index in [1.54, 1.807) is 36.4 Å². The summed E-state index contributed by atoms with van der Waals surface area (Å²) in [7, 11) is -3.52. The third kappa shape index (κ3) is 9.30. The average molecular weight is 596 g/mol. The van der Waals surface area contributed by atoms with Crippen LogP contribution in [0.1, 0.15) is 23.6 Å². The molecular weight excluding hydrogens is 565 g/mol. The van der Waals surface area contributed by atoms with Crippen molar-refractivity contribution in [3.63, 3.8) is 0 Å². The van der Waals surface area contributed by atoms with Gasteiger partial charge in [0.15, 0.2) is 5.75 Å². The van der Waals surface area contributed by atoms with E-state index in [4.69, 9.17) is 9.84 Å². The number of para-hydroxylation sites is 2. The van der Waals surface area contributed by atoms with Crippen LogP contribution >= 0.6 is 0 Å². The van der Waals surface area contributed by atoms with Crippen molar-refractivity contribution >= 4 is 38.7 Å². The molecule has 4 aromatic rings. The first-order valence-corrected chi connectivity index (χ1v) is 14.6. The normalized spacial score (nSPS) is 10.7. The summed E-state index contributed by atoms with van der Waals surface area (Å²) < 4.78 is 44.3. The number of carboxylic acid groups (broad SMARTS) is 1. The summed E-state index contributed by atoms with van der Waals surface area (Å²) >= 11 is 0. The van der Waals surface area contributed by atoms with Gasteiger partial charge >= 0.3 is 5.97 Å². The van der Waals surface area contributed by atoms with Crippen LogP contribution in [-0.2, 0) is 27.7 Å². The van der Waals surface area contributed by atoms with Crippen molar-refractivity contribution in [2.75, 3.05) is 16.3 Å². The monoisotopic (exact) mass is 595 g/mol. The summed E-state index contributed by atoms with van der Waals surface area (Å²) in [6, 6.07) is 22.6. The number of non-ortho nitro benzene ring substituents is 1. The Labute approximate surface area is 243 Å². The fourth-order valence-electron chi connectivity index (χ4n) is 3.83. The first kappa shape index (κ1) is 31.6. The maximum absolute atomic E-state index is 13.9. The fourth-order valence-corrected chi connectivity index (χ4v) is 4.40. The molecule has 0 radical (unpaired) electrons. The van der Waals surface area contributed by atoms with Gasteiger partial charge in [0.1, 0.15) is 11.6 Å². The SMILES string of the molecule is CCc1ccc(Nc2c(C)cccc2F)c(CC(=O)O)c1.CS(=O)(=O)Nc1ccc([N+](=O)[O-])cc1Oc1ccccc1. The number of hydrogen-bond donors (Lipinski definition) is 3. The fraction of sp³-hybridized carbons (Fsp3) is 0.167. The molecule has 0 fully saturated rings. The number of carbonyl (C=O) groups is 1. The molecule has 0 spiro atoms. The summed E-state index contributed by atoms with van der Waals surface area (Å²) in [5.74, 6) is -0.761. The molecule has 0 atom stereocenters. The number of halogens is 1. The highest BCUT2D eigenvalue weighted by molar-refractivity contribution is 7.92. The molecule has 4 rings (SSSR count). The maximum atomic E-state index is 13.9. The third-order valence-corrected chi connectivity index (χ3v) is 6.43. The highest BCUT2D eigenvalue weighted by Crippen LogP contribution is 2.33. The Kier molecular flexibility index (Phi) is 10.6. The van der Waals surface area contributed by atoms with Crippen molar-refractivity contribution in [2.24, 2.45) is 0 Å². The lowest BCUT2D eigenvalue weighted by molar-refractivity contribution is -0.384. The topological polar surface area (TPSA) is 148 Å². The first-order chi connectivity index (χ1) is 19.9. The summed E-state index contributed by atoms with van der Waals surface area (Å²) in [4.78, 5) is 21.2. The van der Waals surface area contributed by atoms with E-state index >= 15 is 0 Å². The Bertz CT molecular complexity index is 1660. The molecule has 0 saturated heterocycles. The van der Waals surface area contributed by atoms with E-state index in [0.717, 1.165) is 23.8 Å². The Morgan fingerprint density at radius 1 is 1.00 bits per heavy atom. The molecule has 0 heterocycles. The predicted octanol–water partition coefficient (Wildman–Crippen LogP) is 6.83. The number of ether oxygens (including phenoxy) is 1. The van der Waals surface area contributed by atoms with E-state index in [1.165, 1.54) is 24.3 Å². The zero-order chi connectivity index (χ0) is 30.9. The van der Waals surface area contributed by atoms with Crippen LogP contribution in [0.4, 0.5) is 27.1 Å². The summed E-state index contributed by atoms with van der Waals surface area (Å²) in [6.45, 7) is 3.82. The average Bonchev–Trinajstić information content (AvgIpc) is 2.92. The number of benzene rings is 4. The Balaban J connectivity index is 0.000000230. The quantitative estimate of drug-likeness (QED) is 0.134. The number of aliphatic carboxylic acids is 1. The number of carboxylic acids is 1. The van der Waals surface area contributed by atoms with Gasteiger partial charge in [-0.05, 0) is 60.4 Å². The van der Waals surface area contributed by atoms with Gasteiger partial charge in [0.2, 0.25) is 10.0 Å². The first-order valence-electron chi connectivity index (χ1n) is 12.7. The van der Waals surface area contributed by atoms with Crippen LogP contribution in [0.2, 0.25) is 0 Å². The van der Waals surface area contributed by atoms with Gasteiger partial charge in [-0.15, -0.1) is 0 Å². The number of nitro benzene ring substituents is 1. The van der Waals surface area contributed by atoms with Crippen LogP contribution in [0.3, 0.4) is 0 Å². The van der Waals surface area contributed by atoms with Crippen molar-refractivity contribution in [1.29, 1.82) is 0 Å². The zero-order valence-electron chi connectivity index (χ0n) is 23.1. The van der Waals surface area contributed by atoms with E-state index in [0.29, 0.717) is 22.7 Å². The maximum Gasteiger partial charge on any atom is 0.307 e. The van der Waals surface area contributed by atoms with E-state index in [-0.39, 0.29) is 29.4 Å². The highest BCUT2D eigenvalue weighted by atomic mass is 32.2. The van der Waals surface area contributed by atoms with E-state index in [2.05, 4.69) is 10.0 Å². The number of anilines is 3. The Hall–Kier alpha value is -4.97. The molecule has 0 aliphatic rings. The standard InChI is InChI=1S/C17H18FNO2.C13H12N2O5S/c1-3-12-7-8-15(13(9-12)10-16(20)21)19-17-11(2)5-4-6-14(17)18;1-21(18,19)14-12-8-7-10(15(16)17)9-13(12)20-11-5-3-2-4-6-11/h4-9,19H,3,10H2,1-2H3,(H,20,21);2-9,14H,1H3. The minimum Gasteiger partial charge on any atom is -0.481 e. The molecule has 0 saturated carbocycles. The van der Waals surface area contributed by atoms with Crippen LogP contribution in [0, 0.1) is 22.9 Å². The number of nitrogens with zero attached hydrogens (tertiary/aromatic N) is 1. The van der Waals surface area contributed by atoms with Crippen LogP contribution in [0.5, 0.6) is 11.5 Å². The number of nitrogens with one attached hydrogen (secondary N) is 2. The molecule has 220 valence electrons. The molecule has 0 amide bonds. The van der Waals surface area contributed by atoms with Crippen LogP contribution < -0.4 is 14.8 Å². The molecule has 12 heteroatoms. The van der Waals surface area contributed by atoms with Gasteiger partial charge in [-0.3, -0.25) is 19.6 Å². The third-order valence-electron chi connectivity index (χ3n) is 5.84. The van der Waals surface area contributed by atoms with Crippen molar-refractivity contribution < 1.29 is 32.4 Å². The summed E-state index contributed by atoms with van der Waals surface area (Å²) in [5, 5.41) is 22.9. The molecule has 0 bridgehead atoms. The van der Waals surface area contributed by atoms with Gasteiger partial charge in [0.05, 0.1) is 35.0 Å². The molecule has 0 aliphatic heterocycles. The number of hydrogen-bond acceptors (Lipinski definition) is 7. The van der Waals surface area contributed by atoms with Crippen molar-refractivity contribution in [1.82, 2.24) is 0 Å². The Morgan fingerprint density at radius 3 is 2.29 bits per heavy atom. The molecular formula is C30H30FN3O7S. The van der Waals surface area contributed by atoms with Gasteiger partial charge in [-0.25, -0.2) is 12.8 Å². The number of sulfonamides is 1. The molecule has 4 aromatic carbocycles. The van der Waals surface area contributed by atoms with Gasteiger partial charge in [-0.1, -0.05) is 49.4 Å². The van der Waals surface area contributed by atoms with Crippen LogP contribution in [0.25, 0.3) is 0 Å². The molecule has 10 nitrogen and oxygen atoms in total. The lowest BCUT2D eigenvalue weighted by atomic mass is 10.0. The molecule has 0 aliphatic carbocycles. The van der Waals surface area contributed by atoms with Gasteiger partial charge in [0.25, 0.3) is 5.69 Å². The predicted molar refractivity (Wildman–Crippen MR) is 160 cm³/mol. The molecule has 42 heavy (non-hydrogen) atoms. The van der Waals surface area contributed by atoms with Crippen LogP contribution in [0.15, 0.2) is 84.9 Å². The highest BCUT2D eigenvalue weighted by Gasteiger charge is 2.15. The largest absolute Gasteiger partial charge is 0.481 e. The van der Waals surface area contributed by atoms with Gasteiger partial charge < -0.3 is 15.2 Å². The molecule has 0 aromatic heterocycles. The smallest absolute Gasteiger partial charge is 0.307 e. The second-order valence-corrected chi connectivity index (χ2v) is 10.9. The minimum atomic E-state index is -3.52. The molecule has 3 N–H and O–H groups in total. The van der Waals surface area contributed by atoms with Crippen molar-refractivity contribution in [3.8, 4) is 11.5 Å². The van der Waals surface area contributed by atoms with Gasteiger partial charge in [0, 0.05) is 11.8 Å². The van der Waals surface area contributed by atoms with Crippen molar-refractivity contribution in [2.45, 2.75) is 26.7 Å². The number of rotatable bonds is 10. The van der Waals surface area contributed by atoms with E-state index in [9.17, 15) is 27.7 Å². The van der Waals surface area contributed by atoms with E-state index in [1.807, 2.05) is 38.1 Å². The lowest BCUT2D eigenvalue weighted by Gasteiger charge is -2.15. The second kappa shape index (κ2) is 14.1. The Morgan fingerprint density at radius 2 is 1.69 bits per heavy atom. The van der Waals surface area contributed by atoms with Gasteiger partial charge in [-0.2, -0.15) is 0 Å². The minimum absolute atomic E-state index is 0.0563. The second-order valence-electron chi connectivity index (χ2n) is 9.20. The lowest BCUT2D eigenvalue weighted by Crippen LogP contribution is -2.10. The zero-order valence-corrected chi connectivity index (χ0v) is 23.9. The number of aryl methyl sites for hydroxylation is 2.